The SMILES string of the molecule is CC(C)(O)c1nc2ncccc2[nH]1. The highest BCUT2D eigenvalue weighted by Crippen LogP contribution is 2.18. The van der Waals surface area contributed by atoms with E-state index in [1.165, 1.54) is 0 Å². The molecule has 0 atom stereocenters. The van der Waals surface area contributed by atoms with Gasteiger partial charge in [-0.1, -0.05) is 0 Å². The van der Waals surface area contributed by atoms with Crippen molar-refractivity contribution in [3.8, 4) is 0 Å². The number of fused-ring (bicyclic) bond motifs is 1. The van der Waals surface area contributed by atoms with Gasteiger partial charge in [-0.3, -0.25) is 0 Å². The minimum atomic E-state index is -0.944. The molecule has 4 heteroatoms. The number of H-pyrrole nitrogens is 1. The van der Waals surface area contributed by atoms with E-state index in [0.717, 1.165) is 5.52 Å². The van der Waals surface area contributed by atoms with Crippen molar-refractivity contribution >= 4 is 11.2 Å². The number of hydrogen-bond donors (Lipinski definition) is 2. The Balaban J connectivity index is 2.63. The van der Waals surface area contributed by atoms with E-state index < -0.39 is 5.60 Å². The van der Waals surface area contributed by atoms with E-state index in [0.29, 0.717) is 11.5 Å². The molecule has 2 heterocycles. The quantitative estimate of drug-likeness (QED) is 0.687. The Kier molecular flexibility index (Phi) is 1.60. The summed E-state index contributed by atoms with van der Waals surface area (Å²) < 4.78 is 0. The third-order valence-corrected chi connectivity index (χ3v) is 1.84. The van der Waals surface area contributed by atoms with Crippen LogP contribution in [0.3, 0.4) is 0 Å². The van der Waals surface area contributed by atoms with Crippen LogP contribution in [-0.4, -0.2) is 20.1 Å². The van der Waals surface area contributed by atoms with E-state index in [1.54, 1.807) is 20.0 Å². The van der Waals surface area contributed by atoms with E-state index in [9.17, 15) is 5.11 Å². The minimum Gasteiger partial charge on any atom is -0.383 e. The smallest absolute Gasteiger partial charge is 0.177 e. The number of pyridine rings is 1. The highest BCUT2D eigenvalue weighted by molar-refractivity contribution is 5.70. The predicted octanol–water partition coefficient (Wildman–Crippen LogP) is 1.19. The summed E-state index contributed by atoms with van der Waals surface area (Å²) in [5.41, 5.74) is 0.542. The Morgan fingerprint density at radius 3 is 2.85 bits per heavy atom. The zero-order valence-electron chi connectivity index (χ0n) is 7.57. The molecule has 0 aliphatic carbocycles. The van der Waals surface area contributed by atoms with Crippen LogP contribution in [0.4, 0.5) is 0 Å². The van der Waals surface area contributed by atoms with Gasteiger partial charge in [-0.05, 0) is 26.0 Å². The summed E-state index contributed by atoms with van der Waals surface area (Å²) >= 11 is 0. The Labute approximate surface area is 75.7 Å². The van der Waals surface area contributed by atoms with Gasteiger partial charge in [0.25, 0.3) is 0 Å². The molecular weight excluding hydrogens is 166 g/mol. The Hall–Kier alpha value is -1.42. The van der Waals surface area contributed by atoms with Gasteiger partial charge in [0.1, 0.15) is 11.4 Å². The number of nitrogens with one attached hydrogen (secondary N) is 1. The summed E-state index contributed by atoms with van der Waals surface area (Å²) in [5.74, 6) is 0.543. The highest BCUT2D eigenvalue weighted by atomic mass is 16.3. The summed E-state index contributed by atoms with van der Waals surface area (Å²) in [5, 5.41) is 9.67. The molecule has 0 bridgehead atoms. The fraction of sp³-hybridized carbons (Fsp3) is 0.333. The number of nitrogens with zero attached hydrogens (tertiary/aromatic N) is 2. The fourth-order valence-electron chi connectivity index (χ4n) is 1.13. The van der Waals surface area contributed by atoms with Crippen LogP contribution >= 0.6 is 0 Å². The number of aromatic amines is 1. The molecule has 0 aliphatic rings. The van der Waals surface area contributed by atoms with Gasteiger partial charge >= 0.3 is 0 Å². The van der Waals surface area contributed by atoms with Crippen molar-refractivity contribution in [2.75, 3.05) is 0 Å². The zero-order valence-corrected chi connectivity index (χ0v) is 7.57. The lowest BCUT2D eigenvalue weighted by atomic mass is 10.1. The van der Waals surface area contributed by atoms with Crippen molar-refractivity contribution in [1.82, 2.24) is 15.0 Å². The molecule has 0 aliphatic heterocycles. The molecule has 2 N–H and O–H groups in total. The molecule has 0 aromatic carbocycles. The van der Waals surface area contributed by atoms with E-state index in [2.05, 4.69) is 15.0 Å². The maximum absolute atomic E-state index is 9.67. The van der Waals surface area contributed by atoms with Crippen molar-refractivity contribution in [2.45, 2.75) is 19.4 Å². The molecule has 13 heavy (non-hydrogen) atoms. The first-order valence-corrected chi connectivity index (χ1v) is 4.11. The molecule has 4 nitrogen and oxygen atoms in total. The third-order valence-electron chi connectivity index (χ3n) is 1.84. The Morgan fingerprint density at radius 1 is 1.46 bits per heavy atom. The second kappa shape index (κ2) is 2.53. The predicted molar refractivity (Wildman–Crippen MR) is 49.1 cm³/mol. The van der Waals surface area contributed by atoms with E-state index in [1.807, 2.05) is 12.1 Å². The Morgan fingerprint density at radius 2 is 2.23 bits per heavy atom. The minimum absolute atomic E-state index is 0.543. The van der Waals surface area contributed by atoms with Crippen molar-refractivity contribution in [1.29, 1.82) is 0 Å². The molecule has 0 saturated heterocycles. The zero-order chi connectivity index (χ0) is 9.47. The molecule has 0 saturated carbocycles. The van der Waals surface area contributed by atoms with Gasteiger partial charge in [-0.2, -0.15) is 0 Å². The molecule has 0 amide bonds. The van der Waals surface area contributed by atoms with Gasteiger partial charge < -0.3 is 10.1 Å². The fourth-order valence-corrected chi connectivity index (χ4v) is 1.13. The summed E-state index contributed by atoms with van der Waals surface area (Å²) in [4.78, 5) is 11.2. The number of imidazole rings is 1. The largest absolute Gasteiger partial charge is 0.383 e. The lowest BCUT2D eigenvalue weighted by molar-refractivity contribution is 0.0700. The topological polar surface area (TPSA) is 61.8 Å². The van der Waals surface area contributed by atoms with Crippen LogP contribution in [0.5, 0.6) is 0 Å². The third kappa shape index (κ3) is 1.40. The van der Waals surface area contributed by atoms with Crippen molar-refractivity contribution in [2.24, 2.45) is 0 Å². The second-order valence-electron chi connectivity index (χ2n) is 3.52. The van der Waals surface area contributed by atoms with Gasteiger partial charge in [0.15, 0.2) is 5.65 Å². The first-order chi connectivity index (χ1) is 6.07. The van der Waals surface area contributed by atoms with Gasteiger partial charge in [0, 0.05) is 6.20 Å². The summed E-state index contributed by atoms with van der Waals surface area (Å²) in [7, 11) is 0. The van der Waals surface area contributed by atoms with E-state index in [4.69, 9.17) is 0 Å². The second-order valence-corrected chi connectivity index (χ2v) is 3.52. The molecule has 2 aromatic heterocycles. The highest BCUT2D eigenvalue weighted by Gasteiger charge is 2.20. The Bertz CT molecular complexity index is 395. The first kappa shape index (κ1) is 8.19. The number of aromatic nitrogens is 3. The van der Waals surface area contributed by atoms with Crippen LogP contribution in [0, 0.1) is 0 Å². The van der Waals surface area contributed by atoms with Crippen LogP contribution in [0.15, 0.2) is 18.3 Å². The van der Waals surface area contributed by atoms with E-state index >= 15 is 0 Å². The standard InChI is InChI=1S/C9H11N3O/c1-9(2,13)8-11-6-4-3-5-10-7(6)12-8/h3-5,13H,1-2H3,(H,10,11,12). The van der Waals surface area contributed by atoms with Crippen molar-refractivity contribution < 1.29 is 5.11 Å². The average molecular weight is 177 g/mol. The van der Waals surface area contributed by atoms with Crippen LogP contribution in [0.1, 0.15) is 19.7 Å². The molecule has 0 unspecified atom stereocenters. The van der Waals surface area contributed by atoms with Gasteiger partial charge in [-0.15, -0.1) is 0 Å². The van der Waals surface area contributed by atoms with E-state index in [-0.39, 0.29) is 0 Å². The summed E-state index contributed by atoms with van der Waals surface area (Å²) in [6.45, 7) is 3.37. The van der Waals surface area contributed by atoms with Gasteiger partial charge in [-0.25, -0.2) is 9.97 Å². The number of hydrogen-bond acceptors (Lipinski definition) is 3. The number of aliphatic hydroxyl groups is 1. The molecular formula is C9H11N3O. The molecule has 0 radical (unpaired) electrons. The maximum atomic E-state index is 9.67. The van der Waals surface area contributed by atoms with Crippen molar-refractivity contribution in [3.05, 3.63) is 24.2 Å². The van der Waals surface area contributed by atoms with Crippen LogP contribution < -0.4 is 0 Å². The van der Waals surface area contributed by atoms with Crippen LogP contribution in [0.25, 0.3) is 11.2 Å². The first-order valence-electron chi connectivity index (χ1n) is 4.11. The van der Waals surface area contributed by atoms with Crippen LogP contribution in [0.2, 0.25) is 0 Å². The lowest BCUT2D eigenvalue weighted by Gasteiger charge is -2.12. The monoisotopic (exact) mass is 177 g/mol. The molecule has 0 fully saturated rings. The molecule has 68 valence electrons. The van der Waals surface area contributed by atoms with Crippen LogP contribution in [-0.2, 0) is 5.60 Å². The summed E-state index contributed by atoms with van der Waals surface area (Å²) in [6, 6.07) is 3.71. The molecule has 0 spiro atoms. The number of rotatable bonds is 1. The van der Waals surface area contributed by atoms with Gasteiger partial charge in [0.05, 0.1) is 5.52 Å². The maximum Gasteiger partial charge on any atom is 0.177 e. The lowest BCUT2D eigenvalue weighted by Crippen LogP contribution is -2.17. The molecule has 2 aromatic rings. The molecule has 2 rings (SSSR count). The average Bonchev–Trinajstić information content (AvgIpc) is 2.45. The normalized spacial score (nSPS) is 12.2. The van der Waals surface area contributed by atoms with Gasteiger partial charge in [0.2, 0.25) is 0 Å². The van der Waals surface area contributed by atoms with Crippen molar-refractivity contribution in [3.63, 3.8) is 0 Å². The summed E-state index contributed by atoms with van der Waals surface area (Å²) in [6.07, 6.45) is 1.68.